The zero-order valence-electron chi connectivity index (χ0n) is 14.0. The maximum Gasteiger partial charge on any atom is 0.230 e. The van der Waals surface area contributed by atoms with E-state index in [1.165, 1.54) is 12.1 Å². The predicted octanol–water partition coefficient (Wildman–Crippen LogP) is 2.25. The van der Waals surface area contributed by atoms with Gasteiger partial charge in [-0.1, -0.05) is 12.1 Å². The van der Waals surface area contributed by atoms with Crippen LogP contribution < -0.4 is 25.6 Å². The van der Waals surface area contributed by atoms with E-state index in [1.807, 2.05) is 0 Å². The lowest BCUT2D eigenvalue weighted by Gasteiger charge is -2.19. The Bertz CT molecular complexity index is 752. The van der Waals surface area contributed by atoms with Crippen molar-refractivity contribution in [1.82, 2.24) is 10.9 Å². The maximum absolute atomic E-state index is 13.1. The summed E-state index contributed by atoms with van der Waals surface area (Å²) in [6.45, 7) is 0.473. The molecule has 2 aromatic carbocycles. The van der Waals surface area contributed by atoms with E-state index in [9.17, 15) is 9.18 Å². The molecule has 2 atom stereocenters. The fourth-order valence-corrected chi connectivity index (χ4v) is 2.88. The molecule has 1 saturated heterocycles. The third-order valence-electron chi connectivity index (χ3n) is 4.20. The van der Waals surface area contributed by atoms with Gasteiger partial charge in [-0.3, -0.25) is 10.2 Å². The van der Waals surface area contributed by atoms with E-state index in [0.717, 1.165) is 5.56 Å². The van der Waals surface area contributed by atoms with Crippen LogP contribution in [-0.2, 0) is 4.79 Å². The molecule has 0 saturated carbocycles. The third kappa shape index (κ3) is 3.72. The summed E-state index contributed by atoms with van der Waals surface area (Å²) in [7, 11) is 3.10. The molecule has 0 spiro atoms. The molecule has 132 valence electrons. The van der Waals surface area contributed by atoms with Crippen molar-refractivity contribution in [1.29, 1.82) is 0 Å². The van der Waals surface area contributed by atoms with Crippen molar-refractivity contribution in [3.8, 4) is 11.5 Å². The number of hydrogen-bond acceptors (Lipinski definition) is 5. The second kappa shape index (κ2) is 7.50. The van der Waals surface area contributed by atoms with Gasteiger partial charge in [0.05, 0.1) is 26.2 Å². The molecule has 0 aromatic heterocycles. The quantitative estimate of drug-likeness (QED) is 0.775. The number of methoxy groups -OCH3 is 2. The summed E-state index contributed by atoms with van der Waals surface area (Å²) < 4.78 is 23.6. The fraction of sp³-hybridized carbons (Fsp3) is 0.278. The van der Waals surface area contributed by atoms with E-state index in [1.54, 1.807) is 44.6 Å². The van der Waals surface area contributed by atoms with Crippen molar-refractivity contribution in [3.05, 3.63) is 53.8 Å². The molecule has 1 heterocycles. The molecule has 6 nitrogen and oxygen atoms in total. The minimum atomic E-state index is -0.335. The van der Waals surface area contributed by atoms with Crippen LogP contribution in [0.5, 0.6) is 11.5 Å². The number of carbonyl (C=O) groups is 1. The Morgan fingerprint density at radius 1 is 1.12 bits per heavy atom. The normalized spacial score (nSPS) is 19.5. The summed E-state index contributed by atoms with van der Waals surface area (Å²) in [5, 5.41) is 2.89. The van der Waals surface area contributed by atoms with Crippen molar-refractivity contribution >= 4 is 11.6 Å². The van der Waals surface area contributed by atoms with E-state index in [4.69, 9.17) is 9.47 Å². The number of rotatable bonds is 5. The van der Waals surface area contributed by atoms with Crippen LogP contribution in [0.25, 0.3) is 0 Å². The molecule has 7 heteroatoms. The van der Waals surface area contributed by atoms with Gasteiger partial charge in [0, 0.05) is 18.3 Å². The molecular weight excluding hydrogens is 325 g/mol. The van der Waals surface area contributed by atoms with E-state index < -0.39 is 0 Å². The highest BCUT2D eigenvalue weighted by atomic mass is 19.1. The lowest BCUT2D eigenvalue weighted by atomic mass is 9.94. The Hall–Kier alpha value is -2.64. The minimum absolute atomic E-state index is 0.140. The van der Waals surface area contributed by atoms with Gasteiger partial charge in [0.1, 0.15) is 5.82 Å². The smallest absolute Gasteiger partial charge is 0.230 e. The first-order valence-corrected chi connectivity index (χ1v) is 7.89. The van der Waals surface area contributed by atoms with Gasteiger partial charge in [0.15, 0.2) is 11.5 Å². The third-order valence-corrected chi connectivity index (χ3v) is 4.20. The highest BCUT2D eigenvalue weighted by Crippen LogP contribution is 2.31. The Balaban J connectivity index is 1.75. The van der Waals surface area contributed by atoms with Crippen molar-refractivity contribution < 1.29 is 18.7 Å². The minimum Gasteiger partial charge on any atom is -0.493 e. The lowest BCUT2D eigenvalue weighted by Crippen LogP contribution is -2.29. The molecule has 25 heavy (non-hydrogen) atoms. The largest absolute Gasteiger partial charge is 0.493 e. The van der Waals surface area contributed by atoms with Gasteiger partial charge < -0.3 is 14.8 Å². The topological polar surface area (TPSA) is 71.6 Å². The van der Waals surface area contributed by atoms with E-state index in [0.29, 0.717) is 23.7 Å². The number of halogens is 1. The monoisotopic (exact) mass is 345 g/mol. The van der Waals surface area contributed by atoms with Crippen LogP contribution in [0.15, 0.2) is 42.5 Å². The van der Waals surface area contributed by atoms with Crippen LogP contribution in [0.3, 0.4) is 0 Å². The predicted molar refractivity (Wildman–Crippen MR) is 91.9 cm³/mol. The van der Waals surface area contributed by atoms with E-state index in [2.05, 4.69) is 16.2 Å². The molecule has 2 aromatic rings. The highest BCUT2D eigenvalue weighted by Gasteiger charge is 2.34. The molecule has 1 aliphatic heterocycles. The van der Waals surface area contributed by atoms with Gasteiger partial charge in [-0.2, -0.15) is 0 Å². The van der Waals surface area contributed by atoms with Gasteiger partial charge in [0.2, 0.25) is 5.91 Å². The Morgan fingerprint density at radius 2 is 1.84 bits per heavy atom. The average Bonchev–Trinajstić information content (AvgIpc) is 3.12. The zero-order valence-corrected chi connectivity index (χ0v) is 14.0. The second-order valence-corrected chi connectivity index (χ2v) is 5.72. The van der Waals surface area contributed by atoms with Gasteiger partial charge in [-0.15, -0.1) is 0 Å². The molecule has 0 bridgehead atoms. The molecule has 3 N–H and O–H groups in total. The van der Waals surface area contributed by atoms with Crippen LogP contribution >= 0.6 is 0 Å². The standard InChI is InChI=1S/C18H20FN3O3/c1-24-15-8-7-13(9-16(15)25-2)21-18(23)14-10-20-22-17(14)11-3-5-12(19)6-4-11/h3-9,14,17,20,22H,10H2,1-2H3,(H,21,23). The van der Waals surface area contributed by atoms with E-state index in [-0.39, 0.29) is 23.7 Å². The first kappa shape index (κ1) is 17.2. The molecular formula is C18H20FN3O3. The van der Waals surface area contributed by atoms with Crippen LogP contribution in [0.4, 0.5) is 10.1 Å². The lowest BCUT2D eigenvalue weighted by molar-refractivity contribution is -0.119. The van der Waals surface area contributed by atoms with Crippen LogP contribution in [0, 0.1) is 11.7 Å². The van der Waals surface area contributed by atoms with Crippen molar-refractivity contribution in [3.63, 3.8) is 0 Å². The number of amides is 1. The molecule has 1 fully saturated rings. The molecule has 3 rings (SSSR count). The maximum atomic E-state index is 13.1. The number of anilines is 1. The summed E-state index contributed by atoms with van der Waals surface area (Å²) in [5.74, 6) is 0.352. The Labute approximate surface area is 145 Å². The molecule has 2 unspecified atom stereocenters. The number of benzene rings is 2. The summed E-state index contributed by atoms with van der Waals surface area (Å²) in [6.07, 6.45) is 0. The molecule has 0 aliphatic carbocycles. The van der Waals surface area contributed by atoms with Gasteiger partial charge in [-0.05, 0) is 29.8 Å². The summed E-state index contributed by atoms with van der Waals surface area (Å²) in [4.78, 5) is 12.7. The number of carbonyl (C=O) groups excluding carboxylic acids is 1. The number of ether oxygens (including phenoxy) is 2. The fourth-order valence-electron chi connectivity index (χ4n) is 2.88. The van der Waals surface area contributed by atoms with Crippen molar-refractivity contribution in [2.75, 3.05) is 26.1 Å². The summed E-state index contributed by atoms with van der Waals surface area (Å²) in [6, 6.07) is 11.1. The van der Waals surface area contributed by atoms with Crippen LogP contribution in [0.1, 0.15) is 11.6 Å². The number of hydrogen-bond donors (Lipinski definition) is 3. The highest BCUT2D eigenvalue weighted by molar-refractivity contribution is 5.93. The molecule has 1 amide bonds. The average molecular weight is 345 g/mol. The van der Waals surface area contributed by atoms with Crippen molar-refractivity contribution in [2.24, 2.45) is 5.92 Å². The Kier molecular flexibility index (Phi) is 5.16. The van der Waals surface area contributed by atoms with Crippen LogP contribution in [-0.4, -0.2) is 26.7 Å². The number of hydrazine groups is 1. The number of nitrogens with one attached hydrogen (secondary N) is 3. The van der Waals surface area contributed by atoms with Crippen LogP contribution in [0.2, 0.25) is 0 Å². The van der Waals surface area contributed by atoms with Gasteiger partial charge in [0.25, 0.3) is 0 Å². The SMILES string of the molecule is COc1ccc(NC(=O)C2CNNC2c2ccc(F)cc2)cc1OC. The van der Waals surface area contributed by atoms with Gasteiger partial charge in [-0.25, -0.2) is 9.82 Å². The summed E-state index contributed by atoms with van der Waals surface area (Å²) >= 11 is 0. The van der Waals surface area contributed by atoms with E-state index >= 15 is 0 Å². The first-order valence-electron chi connectivity index (χ1n) is 7.89. The Morgan fingerprint density at radius 3 is 2.52 bits per heavy atom. The molecule has 1 aliphatic rings. The second-order valence-electron chi connectivity index (χ2n) is 5.72. The first-order chi connectivity index (χ1) is 12.1. The zero-order chi connectivity index (χ0) is 17.8. The molecule has 0 radical (unpaired) electrons. The van der Waals surface area contributed by atoms with Gasteiger partial charge >= 0.3 is 0 Å². The van der Waals surface area contributed by atoms with Crippen molar-refractivity contribution in [2.45, 2.75) is 6.04 Å². The summed E-state index contributed by atoms with van der Waals surface area (Å²) in [5.41, 5.74) is 7.53.